The van der Waals surface area contributed by atoms with Gasteiger partial charge in [0.1, 0.15) is 5.69 Å². The highest BCUT2D eigenvalue weighted by Crippen LogP contribution is 2.40. The van der Waals surface area contributed by atoms with E-state index in [2.05, 4.69) is 5.32 Å². The van der Waals surface area contributed by atoms with Gasteiger partial charge in [0.2, 0.25) is 12.7 Å². The van der Waals surface area contributed by atoms with E-state index in [4.69, 9.17) is 15.2 Å². The van der Waals surface area contributed by atoms with Gasteiger partial charge in [-0.2, -0.15) is 0 Å². The molecular weight excluding hydrogens is 254 g/mol. The van der Waals surface area contributed by atoms with E-state index in [0.29, 0.717) is 5.75 Å². The lowest BCUT2D eigenvalue weighted by molar-refractivity contribution is -0.384. The smallest absolute Gasteiger partial charge is 0.296 e. The average Bonchev–Trinajstić information content (AvgIpc) is 2.83. The van der Waals surface area contributed by atoms with E-state index in [9.17, 15) is 14.9 Å². The van der Waals surface area contributed by atoms with Gasteiger partial charge in [0.25, 0.3) is 5.69 Å². The first-order valence-corrected chi connectivity index (χ1v) is 5.62. The van der Waals surface area contributed by atoms with Gasteiger partial charge in [-0.1, -0.05) is 6.92 Å². The molecule has 1 atom stereocenters. The van der Waals surface area contributed by atoms with Crippen LogP contribution in [0.5, 0.6) is 11.5 Å². The van der Waals surface area contributed by atoms with Crippen LogP contribution in [0.3, 0.4) is 0 Å². The van der Waals surface area contributed by atoms with E-state index in [1.807, 2.05) is 0 Å². The number of nitrogens with one attached hydrogen (secondary N) is 1. The molecule has 1 amide bonds. The number of nitro groups is 1. The molecule has 0 spiro atoms. The third-order valence-electron chi connectivity index (χ3n) is 2.75. The molecule has 0 aliphatic carbocycles. The first-order chi connectivity index (χ1) is 9.02. The molecule has 2 rings (SSSR count). The van der Waals surface area contributed by atoms with Crippen LogP contribution in [-0.4, -0.2) is 24.2 Å². The number of hydrogen-bond acceptors (Lipinski definition) is 6. The van der Waals surface area contributed by atoms with Crippen LogP contribution in [0.1, 0.15) is 6.92 Å². The molecule has 19 heavy (non-hydrogen) atoms. The minimum Gasteiger partial charge on any atom is -0.454 e. The summed E-state index contributed by atoms with van der Waals surface area (Å²) in [5, 5.41) is 13.5. The number of rotatable bonds is 4. The highest BCUT2D eigenvalue weighted by atomic mass is 16.7. The van der Waals surface area contributed by atoms with Gasteiger partial charge in [-0.25, -0.2) is 0 Å². The second kappa shape index (κ2) is 5.11. The molecule has 0 saturated carbocycles. The van der Waals surface area contributed by atoms with Crippen molar-refractivity contribution >= 4 is 17.3 Å². The minimum atomic E-state index is -0.593. The Morgan fingerprint density at radius 1 is 1.53 bits per heavy atom. The monoisotopic (exact) mass is 267 g/mol. The molecule has 1 aromatic rings. The average molecular weight is 267 g/mol. The fourth-order valence-corrected chi connectivity index (χ4v) is 1.55. The van der Waals surface area contributed by atoms with E-state index in [-0.39, 0.29) is 36.4 Å². The standard InChI is InChI=1S/C11H13N3O5/c1-6(4-12)11(15)13-7-2-9-10(19-5-18-9)3-8(7)14(16)17/h2-3,6H,4-5,12H2,1H3,(H,13,15). The summed E-state index contributed by atoms with van der Waals surface area (Å²) in [7, 11) is 0. The SMILES string of the molecule is CC(CN)C(=O)Nc1cc2c(cc1[N+](=O)[O-])OCO2. The number of nitrogens with zero attached hydrogens (tertiary/aromatic N) is 1. The van der Waals surface area contributed by atoms with Gasteiger partial charge in [0.05, 0.1) is 11.0 Å². The Morgan fingerprint density at radius 2 is 2.16 bits per heavy atom. The second-order valence-electron chi connectivity index (χ2n) is 4.11. The second-order valence-corrected chi connectivity index (χ2v) is 4.11. The fraction of sp³-hybridized carbons (Fsp3) is 0.364. The molecule has 1 aliphatic heterocycles. The minimum absolute atomic E-state index is 0.00307. The van der Waals surface area contributed by atoms with Crippen molar-refractivity contribution in [2.24, 2.45) is 11.7 Å². The maximum Gasteiger partial charge on any atom is 0.296 e. The summed E-state index contributed by atoms with van der Waals surface area (Å²) in [6, 6.07) is 2.60. The summed E-state index contributed by atoms with van der Waals surface area (Å²) in [4.78, 5) is 22.1. The molecule has 0 aromatic heterocycles. The summed E-state index contributed by atoms with van der Waals surface area (Å²) in [6.07, 6.45) is 0. The topological polar surface area (TPSA) is 117 Å². The van der Waals surface area contributed by atoms with E-state index >= 15 is 0 Å². The summed E-state index contributed by atoms with van der Waals surface area (Å²) < 4.78 is 10.2. The molecular formula is C11H13N3O5. The lowest BCUT2D eigenvalue weighted by Gasteiger charge is -2.10. The molecule has 8 nitrogen and oxygen atoms in total. The van der Waals surface area contributed by atoms with Gasteiger partial charge < -0.3 is 20.5 Å². The molecule has 8 heteroatoms. The van der Waals surface area contributed by atoms with Crippen LogP contribution >= 0.6 is 0 Å². The number of fused-ring (bicyclic) bond motifs is 1. The lowest BCUT2D eigenvalue weighted by Crippen LogP contribution is -2.26. The number of hydrogen-bond donors (Lipinski definition) is 2. The Labute approximate surface area is 108 Å². The number of nitro benzene ring substituents is 1. The first kappa shape index (κ1) is 13.1. The van der Waals surface area contributed by atoms with Crippen LogP contribution in [-0.2, 0) is 4.79 Å². The lowest BCUT2D eigenvalue weighted by atomic mass is 10.1. The predicted octanol–water partition coefficient (Wildman–Crippen LogP) is 0.857. The Kier molecular flexibility index (Phi) is 3.52. The van der Waals surface area contributed by atoms with Gasteiger partial charge >= 0.3 is 0 Å². The number of ether oxygens (including phenoxy) is 2. The predicted molar refractivity (Wildman–Crippen MR) is 66.1 cm³/mol. The van der Waals surface area contributed by atoms with Gasteiger partial charge in [-0.3, -0.25) is 14.9 Å². The zero-order valence-corrected chi connectivity index (χ0v) is 10.2. The van der Waals surface area contributed by atoms with Gasteiger partial charge in [-0.15, -0.1) is 0 Å². The quantitative estimate of drug-likeness (QED) is 0.617. The van der Waals surface area contributed by atoms with Crippen molar-refractivity contribution in [1.82, 2.24) is 0 Å². The van der Waals surface area contributed by atoms with Gasteiger partial charge in [0.15, 0.2) is 11.5 Å². The van der Waals surface area contributed by atoms with Crippen molar-refractivity contribution in [3.05, 3.63) is 22.2 Å². The number of carbonyl (C=O) groups is 1. The van der Waals surface area contributed by atoms with Crippen molar-refractivity contribution in [3.63, 3.8) is 0 Å². The van der Waals surface area contributed by atoms with E-state index in [1.165, 1.54) is 12.1 Å². The Balaban J connectivity index is 2.33. The highest BCUT2D eigenvalue weighted by molar-refractivity contribution is 5.95. The molecule has 3 N–H and O–H groups in total. The van der Waals surface area contributed by atoms with Crippen molar-refractivity contribution < 1.29 is 19.2 Å². The van der Waals surface area contributed by atoms with E-state index in [0.717, 1.165) is 0 Å². The highest BCUT2D eigenvalue weighted by Gasteiger charge is 2.25. The molecule has 1 unspecified atom stereocenters. The summed E-state index contributed by atoms with van der Waals surface area (Å²) in [5.41, 5.74) is 5.20. The third kappa shape index (κ3) is 2.58. The van der Waals surface area contributed by atoms with Crippen molar-refractivity contribution in [2.45, 2.75) is 6.92 Å². The summed E-state index contributed by atoms with van der Waals surface area (Å²) >= 11 is 0. The maximum atomic E-state index is 11.7. The van der Waals surface area contributed by atoms with Gasteiger partial charge in [-0.05, 0) is 0 Å². The molecule has 0 fully saturated rings. The van der Waals surface area contributed by atoms with Crippen LogP contribution in [0.2, 0.25) is 0 Å². The van der Waals surface area contributed by atoms with Crippen LogP contribution < -0.4 is 20.5 Å². The molecule has 0 radical (unpaired) electrons. The maximum absolute atomic E-state index is 11.7. The van der Waals surface area contributed by atoms with Crippen molar-refractivity contribution in [1.29, 1.82) is 0 Å². The van der Waals surface area contributed by atoms with Crippen molar-refractivity contribution in [2.75, 3.05) is 18.7 Å². The molecule has 1 heterocycles. The number of benzene rings is 1. The van der Waals surface area contributed by atoms with E-state index < -0.39 is 10.8 Å². The number of nitrogens with two attached hydrogens (primary N) is 1. The third-order valence-corrected chi connectivity index (χ3v) is 2.75. The van der Waals surface area contributed by atoms with Crippen LogP contribution in [0, 0.1) is 16.0 Å². The summed E-state index contributed by atoms with van der Waals surface area (Å²) in [5.74, 6) is -0.174. The van der Waals surface area contributed by atoms with Crippen molar-refractivity contribution in [3.8, 4) is 11.5 Å². The van der Waals surface area contributed by atoms with Crippen LogP contribution in [0.15, 0.2) is 12.1 Å². The number of carbonyl (C=O) groups excluding carboxylic acids is 1. The molecule has 1 aliphatic rings. The Bertz CT molecular complexity index is 531. The Hall–Kier alpha value is -2.35. The molecule has 0 bridgehead atoms. The molecule has 0 saturated heterocycles. The first-order valence-electron chi connectivity index (χ1n) is 5.62. The Morgan fingerprint density at radius 3 is 2.74 bits per heavy atom. The molecule has 1 aromatic carbocycles. The zero-order chi connectivity index (χ0) is 14.0. The summed E-state index contributed by atoms with van der Waals surface area (Å²) in [6.45, 7) is 1.79. The normalized spacial score (nSPS) is 14.0. The zero-order valence-electron chi connectivity index (χ0n) is 10.2. The van der Waals surface area contributed by atoms with Crippen LogP contribution in [0.4, 0.5) is 11.4 Å². The largest absolute Gasteiger partial charge is 0.454 e. The number of amides is 1. The van der Waals surface area contributed by atoms with Gasteiger partial charge in [0, 0.05) is 18.5 Å². The fourth-order valence-electron chi connectivity index (χ4n) is 1.55. The van der Waals surface area contributed by atoms with Crippen LogP contribution in [0.25, 0.3) is 0 Å². The van der Waals surface area contributed by atoms with E-state index in [1.54, 1.807) is 6.92 Å². The molecule has 102 valence electrons. The number of anilines is 1.